The van der Waals surface area contributed by atoms with Crippen molar-refractivity contribution in [1.29, 1.82) is 0 Å². The molecule has 0 bridgehead atoms. The van der Waals surface area contributed by atoms with E-state index in [0.717, 1.165) is 5.56 Å². The molecule has 23 heavy (non-hydrogen) atoms. The Bertz CT molecular complexity index is 573. The zero-order valence-corrected chi connectivity index (χ0v) is 12.6. The fourth-order valence-electron chi connectivity index (χ4n) is 2.63. The molecule has 7 heteroatoms. The number of hydrogen-bond acceptors (Lipinski definition) is 5. The zero-order valence-electron chi connectivity index (χ0n) is 12.6. The lowest BCUT2D eigenvalue weighted by molar-refractivity contribution is -0.150. The third kappa shape index (κ3) is 4.53. The average Bonchev–Trinajstić information content (AvgIpc) is 3.03. The fourth-order valence-corrected chi connectivity index (χ4v) is 2.63. The van der Waals surface area contributed by atoms with E-state index in [4.69, 9.17) is 9.84 Å². The minimum atomic E-state index is -1.58. The van der Waals surface area contributed by atoms with E-state index in [2.05, 4.69) is 0 Å². The molecule has 0 saturated carbocycles. The van der Waals surface area contributed by atoms with Crippen molar-refractivity contribution < 1.29 is 29.3 Å². The van der Waals surface area contributed by atoms with Gasteiger partial charge in [-0.15, -0.1) is 0 Å². The normalized spacial score (nSPS) is 18.5. The highest BCUT2D eigenvalue weighted by atomic mass is 16.6. The molecule has 1 amide bonds. The van der Waals surface area contributed by atoms with Crippen LogP contribution in [0.3, 0.4) is 0 Å². The Morgan fingerprint density at radius 3 is 2.61 bits per heavy atom. The van der Waals surface area contributed by atoms with Gasteiger partial charge in [-0.25, -0.2) is 9.59 Å². The summed E-state index contributed by atoms with van der Waals surface area (Å²) in [5, 5.41) is 18.6. The van der Waals surface area contributed by atoms with Crippen LogP contribution in [0.25, 0.3) is 0 Å². The molecule has 2 atom stereocenters. The van der Waals surface area contributed by atoms with Crippen molar-refractivity contribution >= 4 is 17.8 Å². The molecule has 2 rings (SSSR count). The first-order valence-corrected chi connectivity index (χ1v) is 7.40. The summed E-state index contributed by atoms with van der Waals surface area (Å²) in [5.74, 6) is -2.65. The van der Waals surface area contributed by atoms with Crippen LogP contribution in [0.5, 0.6) is 0 Å². The number of carboxylic acid groups (broad SMARTS) is 1. The SMILES string of the molecule is O=C(O)C(=O)C[C@@H](O)[C@H]1CCCN1C(=O)OCc1ccccc1. The Balaban J connectivity index is 1.91. The van der Waals surface area contributed by atoms with Crippen LogP contribution in [-0.2, 0) is 20.9 Å². The van der Waals surface area contributed by atoms with E-state index >= 15 is 0 Å². The number of rotatable bonds is 6. The highest BCUT2D eigenvalue weighted by Gasteiger charge is 2.36. The molecule has 124 valence electrons. The maximum Gasteiger partial charge on any atom is 0.410 e. The summed E-state index contributed by atoms with van der Waals surface area (Å²) in [6, 6.07) is 8.59. The second kappa shape index (κ2) is 7.73. The summed E-state index contributed by atoms with van der Waals surface area (Å²) in [7, 11) is 0. The Hall–Kier alpha value is -2.41. The van der Waals surface area contributed by atoms with E-state index in [-0.39, 0.29) is 6.61 Å². The highest BCUT2D eigenvalue weighted by molar-refractivity contribution is 6.32. The number of ketones is 1. The minimum Gasteiger partial charge on any atom is -0.475 e. The smallest absolute Gasteiger partial charge is 0.410 e. The van der Waals surface area contributed by atoms with E-state index in [1.54, 1.807) is 0 Å². The lowest BCUT2D eigenvalue weighted by atomic mass is 10.0. The zero-order chi connectivity index (χ0) is 16.8. The molecule has 0 radical (unpaired) electrons. The quantitative estimate of drug-likeness (QED) is 0.763. The molecule has 7 nitrogen and oxygen atoms in total. The number of aliphatic carboxylic acids is 1. The van der Waals surface area contributed by atoms with Gasteiger partial charge in [0, 0.05) is 13.0 Å². The van der Waals surface area contributed by atoms with Crippen molar-refractivity contribution in [3.8, 4) is 0 Å². The summed E-state index contributed by atoms with van der Waals surface area (Å²) in [6.07, 6.45) is -1.11. The molecule has 0 aliphatic carbocycles. The summed E-state index contributed by atoms with van der Waals surface area (Å²) in [6.45, 7) is 0.531. The molecule has 1 aromatic carbocycles. The number of nitrogens with zero attached hydrogens (tertiary/aromatic N) is 1. The number of carbonyl (C=O) groups is 3. The van der Waals surface area contributed by atoms with E-state index < -0.39 is 36.4 Å². The molecule has 0 spiro atoms. The standard InChI is InChI=1S/C16H19NO6/c18-13(9-14(19)15(20)21)12-7-4-8-17(12)16(22)23-10-11-5-2-1-3-6-11/h1-3,5-6,12-13,18H,4,7-10H2,(H,20,21)/t12-,13-/m1/s1. The van der Waals surface area contributed by atoms with Gasteiger partial charge in [0.25, 0.3) is 0 Å². The number of aliphatic hydroxyl groups is 1. The molecule has 1 saturated heterocycles. The van der Waals surface area contributed by atoms with Gasteiger partial charge in [0.05, 0.1) is 12.1 Å². The van der Waals surface area contributed by atoms with Gasteiger partial charge >= 0.3 is 12.1 Å². The molecule has 1 fully saturated rings. The Kier molecular flexibility index (Phi) is 5.70. The van der Waals surface area contributed by atoms with Gasteiger partial charge in [0.2, 0.25) is 5.78 Å². The van der Waals surface area contributed by atoms with Crippen LogP contribution in [0.15, 0.2) is 30.3 Å². The first-order valence-electron chi connectivity index (χ1n) is 7.40. The van der Waals surface area contributed by atoms with Crippen LogP contribution in [0.4, 0.5) is 4.79 Å². The Morgan fingerprint density at radius 1 is 1.26 bits per heavy atom. The van der Waals surface area contributed by atoms with Gasteiger partial charge in [0.15, 0.2) is 0 Å². The highest BCUT2D eigenvalue weighted by Crippen LogP contribution is 2.23. The van der Waals surface area contributed by atoms with Crippen LogP contribution in [0, 0.1) is 0 Å². The molecule has 0 unspecified atom stereocenters. The Labute approximate surface area is 133 Å². The molecule has 2 N–H and O–H groups in total. The third-order valence-corrected chi connectivity index (χ3v) is 3.82. The molecule has 1 heterocycles. The van der Waals surface area contributed by atoms with Gasteiger partial charge in [0.1, 0.15) is 6.61 Å². The lowest BCUT2D eigenvalue weighted by Gasteiger charge is -2.27. The largest absolute Gasteiger partial charge is 0.475 e. The maximum absolute atomic E-state index is 12.1. The third-order valence-electron chi connectivity index (χ3n) is 3.82. The Morgan fingerprint density at radius 2 is 1.96 bits per heavy atom. The van der Waals surface area contributed by atoms with Gasteiger partial charge in [-0.05, 0) is 18.4 Å². The van der Waals surface area contributed by atoms with Crippen molar-refractivity contribution in [3.05, 3.63) is 35.9 Å². The number of aliphatic hydroxyl groups excluding tert-OH is 1. The van der Waals surface area contributed by atoms with Crippen LogP contribution in [0.1, 0.15) is 24.8 Å². The van der Waals surface area contributed by atoms with Crippen molar-refractivity contribution in [3.63, 3.8) is 0 Å². The summed E-state index contributed by atoms with van der Waals surface area (Å²) >= 11 is 0. The number of carboxylic acids is 1. The second-order valence-electron chi connectivity index (χ2n) is 5.44. The van der Waals surface area contributed by atoms with Gasteiger partial charge < -0.3 is 19.8 Å². The summed E-state index contributed by atoms with van der Waals surface area (Å²) < 4.78 is 5.22. The predicted octanol–water partition coefficient (Wildman–Crippen LogP) is 1.19. The monoisotopic (exact) mass is 321 g/mol. The number of ether oxygens (including phenoxy) is 1. The van der Waals surface area contributed by atoms with Crippen LogP contribution >= 0.6 is 0 Å². The first-order chi connectivity index (χ1) is 11.0. The number of hydrogen-bond donors (Lipinski definition) is 2. The summed E-state index contributed by atoms with van der Waals surface area (Å²) in [5.41, 5.74) is 0.846. The van der Waals surface area contributed by atoms with Gasteiger partial charge in [-0.3, -0.25) is 4.79 Å². The second-order valence-corrected chi connectivity index (χ2v) is 5.44. The molecular weight excluding hydrogens is 302 g/mol. The fraction of sp³-hybridized carbons (Fsp3) is 0.438. The first kappa shape index (κ1) is 17.0. The lowest BCUT2D eigenvalue weighted by Crippen LogP contribution is -2.44. The van der Waals surface area contributed by atoms with Crippen LogP contribution in [0.2, 0.25) is 0 Å². The van der Waals surface area contributed by atoms with Crippen molar-refractivity contribution in [2.45, 2.75) is 38.0 Å². The van der Waals surface area contributed by atoms with Crippen molar-refractivity contribution in [2.24, 2.45) is 0 Å². The van der Waals surface area contributed by atoms with E-state index in [1.807, 2.05) is 30.3 Å². The molecule has 1 aromatic rings. The summed E-state index contributed by atoms with van der Waals surface area (Å²) in [4.78, 5) is 35.3. The van der Waals surface area contributed by atoms with Gasteiger partial charge in [-0.1, -0.05) is 30.3 Å². The number of benzene rings is 1. The minimum absolute atomic E-state index is 0.118. The molecule has 0 aromatic heterocycles. The predicted molar refractivity (Wildman–Crippen MR) is 79.6 cm³/mol. The van der Waals surface area contributed by atoms with E-state index in [1.165, 1.54) is 4.90 Å². The number of carbonyl (C=O) groups excluding carboxylic acids is 2. The van der Waals surface area contributed by atoms with E-state index in [0.29, 0.717) is 19.4 Å². The van der Waals surface area contributed by atoms with Crippen LogP contribution < -0.4 is 0 Å². The average molecular weight is 321 g/mol. The molecular formula is C16H19NO6. The van der Waals surface area contributed by atoms with Crippen LogP contribution in [-0.4, -0.2) is 51.6 Å². The molecule has 1 aliphatic heterocycles. The number of Topliss-reactive ketones (excluding diaryl/α,β-unsaturated/α-hetero) is 1. The maximum atomic E-state index is 12.1. The van der Waals surface area contributed by atoms with Gasteiger partial charge in [-0.2, -0.15) is 0 Å². The topological polar surface area (TPSA) is 104 Å². The van der Waals surface area contributed by atoms with Crippen molar-refractivity contribution in [2.75, 3.05) is 6.54 Å². The van der Waals surface area contributed by atoms with Crippen molar-refractivity contribution in [1.82, 2.24) is 4.90 Å². The number of likely N-dealkylation sites (tertiary alicyclic amines) is 1. The number of amides is 1. The molecule has 1 aliphatic rings. The van der Waals surface area contributed by atoms with E-state index in [9.17, 15) is 19.5 Å².